The Morgan fingerprint density at radius 2 is 2.42 bits per heavy atom. The Balaban J connectivity index is 2.91. The molecule has 8 heteroatoms. The summed E-state index contributed by atoms with van der Waals surface area (Å²) in [5.74, 6) is -0.831. The van der Waals surface area contributed by atoms with E-state index < -0.39 is 21.9 Å². The zero-order valence-electron chi connectivity index (χ0n) is 5.74. The Morgan fingerprint density at radius 1 is 1.75 bits per heavy atom. The van der Waals surface area contributed by atoms with Crippen LogP contribution in [0.15, 0.2) is 12.3 Å². The monoisotopic (exact) mass is 190 g/mol. The first-order valence-corrected chi connectivity index (χ1v) is 4.07. The van der Waals surface area contributed by atoms with Crippen LogP contribution in [0.4, 0.5) is 5.82 Å². The van der Waals surface area contributed by atoms with Crippen molar-refractivity contribution in [3.05, 3.63) is 22.4 Å². The molecule has 0 spiro atoms. The summed E-state index contributed by atoms with van der Waals surface area (Å²) < 4.78 is 21.1. The first kappa shape index (κ1) is 8.81. The molecule has 0 amide bonds. The second-order valence-corrected chi connectivity index (χ2v) is 2.74. The highest BCUT2D eigenvalue weighted by Gasteiger charge is 2.12. The fourth-order valence-electron chi connectivity index (χ4n) is 0.680. The average molecular weight is 190 g/mol. The van der Waals surface area contributed by atoms with Gasteiger partial charge in [0.25, 0.3) is 0 Å². The Kier molecular flexibility index (Phi) is 2.51. The number of nitrogens with zero attached hydrogens (tertiary/aromatic N) is 3. The molecule has 12 heavy (non-hydrogen) atoms. The van der Waals surface area contributed by atoms with Gasteiger partial charge in [-0.05, 0) is 16.0 Å². The van der Waals surface area contributed by atoms with Crippen LogP contribution in [0, 0.1) is 10.1 Å². The van der Waals surface area contributed by atoms with Crippen molar-refractivity contribution < 1.29 is 13.7 Å². The second kappa shape index (κ2) is 3.41. The maximum Gasteiger partial charge on any atom is 0.345 e. The maximum absolute atomic E-state index is 10.2. The van der Waals surface area contributed by atoms with Crippen molar-refractivity contribution in [3.8, 4) is 0 Å². The Hall–Kier alpha value is -1.28. The highest BCUT2D eigenvalue weighted by Crippen LogP contribution is 2.08. The summed E-state index contributed by atoms with van der Waals surface area (Å²) in [6.45, 7) is 0. The lowest BCUT2D eigenvalue weighted by Gasteiger charge is -2.01. The molecule has 0 bridgehead atoms. The minimum Gasteiger partial charge on any atom is -0.769 e. The van der Waals surface area contributed by atoms with Crippen molar-refractivity contribution in [2.24, 2.45) is 0 Å². The maximum atomic E-state index is 10.2. The van der Waals surface area contributed by atoms with E-state index in [0.29, 0.717) is 0 Å². The van der Waals surface area contributed by atoms with Gasteiger partial charge in [0.2, 0.25) is 0 Å². The van der Waals surface area contributed by atoms with Crippen molar-refractivity contribution in [2.45, 2.75) is 5.88 Å². The summed E-state index contributed by atoms with van der Waals surface area (Å²) >= 11 is -2.38. The third-order valence-electron chi connectivity index (χ3n) is 1.11. The molecule has 0 saturated carbocycles. The first-order chi connectivity index (χ1) is 5.61. The van der Waals surface area contributed by atoms with Gasteiger partial charge < -0.3 is 14.7 Å². The zero-order chi connectivity index (χ0) is 9.14. The van der Waals surface area contributed by atoms with Crippen molar-refractivity contribution in [3.63, 3.8) is 0 Å². The lowest BCUT2D eigenvalue weighted by Crippen LogP contribution is -2.08. The average Bonchev–Trinajstić information content (AvgIpc) is 2.33. The number of hydrogen-bond donors (Lipinski definition) is 0. The zero-order valence-corrected chi connectivity index (χ0v) is 6.56. The van der Waals surface area contributed by atoms with Gasteiger partial charge in [0, 0.05) is 0 Å². The molecule has 0 N–H and O–H groups in total. The lowest BCUT2D eigenvalue weighted by molar-refractivity contribution is -0.392. The molecule has 1 rings (SSSR count). The molecule has 66 valence electrons. The van der Waals surface area contributed by atoms with E-state index in [2.05, 4.69) is 5.10 Å². The summed E-state index contributed by atoms with van der Waals surface area (Å²) in [4.78, 5) is 9.51. The molecule has 1 atom stereocenters. The van der Waals surface area contributed by atoms with Gasteiger partial charge in [-0.2, -0.15) is 0 Å². The Bertz CT molecular complexity index is 322. The molecule has 1 heterocycles. The van der Waals surface area contributed by atoms with E-state index >= 15 is 0 Å². The molecular weight excluding hydrogens is 186 g/mol. The highest BCUT2D eigenvalue weighted by molar-refractivity contribution is 7.78. The van der Waals surface area contributed by atoms with Crippen LogP contribution in [0.1, 0.15) is 0 Å². The van der Waals surface area contributed by atoms with Gasteiger partial charge in [0.1, 0.15) is 0 Å². The van der Waals surface area contributed by atoms with Crippen molar-refractivity contribution >= 4 is 16.9 Å². The number of hydrogen-bond acceptors (Lipinski definition) is 5. The van der Waals surface area contributed by atoms with E-state index in [9.17, 15) is 18.9 Å². The third-order valence-corrected chi connectivity index (χ3v) is 1.56. The Labute approximate surface area is 69.4 Å². The number of aromatic nitrogens is 2. The van der Waals surface area contributed by atoms with E-state index in [1.165, 1.54) is 6.20 Å². The van der Waals surface area contributed by atoms with E-state index in [1.54, 1.807) is 0 Å². The van der Waals surface area contributed by atoms with Crippen LogP contribution in [0.25, 0.3) is 0 Å². The molecule has 0 saturated heterocycles. The quantitative estimate of drug-likeness (QED) is 0.367. The van der Waals surface area contributed by atoms with Crippen LogP contribution in [-0.4, -0.2) is 23.5 Å². The van der Waals surface area contributed by atoms with Crippen LogP contribution in [0.5, 0.6) is 0 Å². The molecule has 7 nitrogen and oxygen atoms in total. The molecule has 0 aliphatic heterocycles. The molecule has 1 aromatic rings. The minimum absolute atomic E-state index is 0.334. The van der Waals surface area contributed by atoms with Gasteiger partial charge in [-0.3, -0.25) is 4.21 Å². The minimum atomic E-state index is -2.38. The van der Waals surface area contributed by atoms with Gasteiger partial charge >= 0.3 is 5.82 Å². The van der Waals surface area contributed by atoms with Crippen LogP contribution in [-0.2, 0) is 17.0 Å². The van der Waals surface area contributed by atoms with E-state index in [0.717, 1.165) is 10.7 Å². The van der Waals surface area contributed by atoms with Crippen molar-refractivity contribution in [1.82, 2.24) is 9.78 Å². The largest absolute Gasteiger partial charge is 0.769 e. The van der Waals surface area contributed by atoms with E-state index in [4.69, 9.17) is 0 Å². The fraction of sp³-hybridized carbons (Fsp3) is 0.250. The third kappa shape index (κ3) is 1.86. The summed E-state index contributed by atoms with van der Waals surface area (Å²) in [5.41, 5.74) is 0. The van der Waals surface area contributed by atoms with Gasteiger partial charge in [-0.25, -0.2) is 0 Å². The normalized spacial score (nSPS) is 12.8. The van der Waals surface area contributed by atoms with Crippen LogP contribution in [0.3, 0.4) is 0 Å². The molecule has 0 aliphatic carbocycles. The molecule has 0 radical (unpaired) electrons. The van der Waals surface area contributed by atoms with Gasteiger partial charge in [-0.1, -0.05) is 5.10 Å². The van der Waals surface area contributed by atoms with Gasteiger partial charge in [0.05, 0.1) is 12.3 Å². The topological polar surface area (TPSA) is 101 Å². The standard InChI is InChI=1S/C4H5N3O4S/c8-7(9)4-1-2-5-6(4)3-12(10)11/h1-2H,3H2,(H,10,11)/p-1. The fourth-order valence-corrected chi connectivity index (χ4v) is 1.08. The van der Waals surface area contributed by atoms with E-state index in [-0.39, 0.29) is 5.82 Å². The summed E-state index contributed by atoms with van der Waals surface area (Å²) in [5, 5.41) is 13.7. The summed E-state index contributed by atoms with van der Waals surface area (Å²) in [6, 6.07) is 1.13. The number of rotatable bonds is 3. The smallest absolute Gasteiger partial charge is 0.345 e. The number of nitro groups is 1. The molecule has 1 aromatic heterocycles. The van der Waals surface area contributed by atoms with Crippen LogP contribution in [0.2, 0.25) is 0 Å². The highest BCUT2D eigenvalue weighted by atomic mass is 32.2. The Morgan fingerprint density at radius 3 is 2.92 bits per heavy atom. The van der Waals surface area contributed by atoms with E-state index in [1.807, 2.05) is 0 Å². The molecule has 0 aliphatic rings. The SMILES string of the molecule is O=[N+]([O-])c1ccnn1CS(=O)[O-]. The predicted molar refractivity (Wildman–Crippen MR) is 37.8 cm³/mol. The first-order valence-electron chi connectivity index (χ1n) is 2.83. The lowest BCUT2D eigenvalue weighted by atomic mass is 10.6. The van der Waals surface area contributed by atoms with Gasteiger partial charge in [-0.15, -0.1) is 4.68 Å². The van der Waals surface area contributed by atoms with Crippen LogP contribution >= 0.6 is 0 Å². The van der Waals surface area contributed by atoms with Gasteiger partial charge in [0.15, 0.2) is 5.88 Å². The molecule has 1 unspecified atom stereocenters. The molecule has 0 aromatic carbocycles. The predicted octanol–water partition coefficient (Wildman–Crippen LogP) is -0.372. The molecule has 0 fully saturated rings. The van der Waals surface area contributed by atoms with Crippen molar-refractivity contribution in [1.29, 1.82) is 0 Å². The molecular formula is C4H4N3O4S-. The second-order valence-electron chi connectivity index (χ2n) is 1.88. The summed E-state index contributed by atoms with van der Waals surface area (Å²) in [7, 11) is 0. The van der Waals surface area contributed by atoms with Crippen molar-refractivity contribution in [2.75, 3.05) is 0 Å². The van der Waals surface area contributed by atoms with Crippen LogP contribution < -0.4 is 0 Å². The summed E-state index contributed by atoms with van der Waals surface area (Å²) in [6.07, 6.45) is 1.17.